The van der Waals surface area contributed by atoms with E-state index in [1.54, 1.807) is 6.92 Å². The topological polar surface area (TPSA) is 29.1 Å². The fourth-order valence-corrected chi connectivity index (χ4v) is 2.83. The molecule has 0 amide bonds. The Morgan fingerprint density at radius 1 is 1.50 bits per heavy atom. The Kier molecular flexibility index (Phi) is 3.88. The Labute approximate surface area is 101 Å². The lowest BCUT2D eigenvalue weighted by Crippen LogP contribution is -2.10. The SMILES string of the molecule is CC(=O)CCCc1ccc2c(c1)SCCN2. The van der Waals surface area contributed by atoms with E-state index in [4.69, 9.17) is 0 Å². The third-order valence-electron chi connectivity index (χ3n) is 2.72. The molecule has 0 unspecified atom stereocenters. The van der Waals surface area contributed by atoms with E-state index in [2.05, 4.69) is 23.5 Å². The molecule has 0 aromatic heterocycles. The molecule has 2 nitrogen and oxygen atoms in total. The number of nitrogens with one attached hydrogen (secondary N) is 1. The smallest absolute Gasteiger partial charge is 0.129 e. The lowest BCUT2D eigenvalue weighted by atomic mass is 10.1. The van der Waals surface area contributed by atoms with Gasteiger partial charge in [-0.3, -0.25) is 0 Å². The molecule has 1 heterocycles. The molecular weight excluding hydrogens is 218 g/mol. The Bertz CT molecular complexity index is 390. The summed E-state index contributed by atoms with van der Waals surface area (Å²) in [6.07, 6.45) is 2.67. The van der Waals surface area contributed by atoms with Crippen molar-refractivity contribution in [3.05, 3.63) is 23.8 Å². The monoisotopic (exact) mass is 235 g/mol. The normalized spacial score (nSPS) is 14.1. The molecule has 86 valence electrons. The van der Waals surface area contributed by atoms with Gasteiger partial charge in [-0.2, -0.15) is 0 Å². The van der Waals surface area contributed by atoms with Crippen molar-refractivity contribution in [1.29, 1.82) is 0 Å². The second-order valence-corrected chi connectivity index (χ2v) is 5.30. The highest BCUT2D eigenvalue weighted by molar-refractivity contribution is 7.99. The summed E-state index contributed by atoms with van der Waals surface area (Å²) in [5, 5.41) is 3.39. The summed E-state index contributed by atoms with van der Waals surface area (Å²) in [5.41, 5.74) is 2.60. The maximum absolute atomic E-state index is 10.9. The molecule has 1 N–H and O–H groups in total. The maximum atomic E-state index is 10.9. The molecule has 0 atom stereocenters. The van der Waals surface area contributed by atoms with Crippen LogP contribution in [0.2, 0.25) is 0 Å². The molecule has 0 aliphatic carbocycles. The molecule has 1 aromatic carbocycles. The summed E-state index contributed by atoms with van der Waals surface area (Å²) >= 11 is 1.91. The van der Waals surface area contributed by atoms with E-state index >= 15 is 0 Å². The number of carbonyl (C=O) groups excluding carboxylic acids is 1. The molecule has 0 saturated heterocycles. The van der Waals surface area contributed by atoms with Crippen LogP contribution in [-0.2, 0) is 11.2 Å². The number of hydrogen-bond acceptors (Lipinski definition) is 3. The minimum absolute atomic E-state index is 0.286. The van der Waals surface area contributed by atoms with E-state index in [0.29, 0.717) is 6.42 Å². The number of ketones is 1. The van der Waals surface area contributed by atoms with Crippen LogP contribution in [0.15, 0.2) is 23.1 Å². The largest absolute Gasteiger partial charge is 0.383 e. The van der Waals surface area contributed by atoms with Crippen molar-refractivity contribution in [3.63, 3.8) is 0 Å². The summed E-state index contributed by atoms with van der Waals surface area (Å²) in [6.45, 7) is 2.72. The van der Waals surface area contributed by atoms with Gasteiger partial charge in [-0.05, 0) is 37.5 Å². The number of Topliss-reactive ketones (excluding diaryl/α,β-unsaturated/α-hetero) is 1. The van der Waals surface area contributed by atoms with Crippen molar-refractivity contribution >= 4 is 23.2 Å². The third kappa shape index (κ3) is 3.01. The van der Waals surface area contributed by atoms with E-state index in [-0.39, 0.29) is 5.78 Å². The van der Waals surface area contributed by atoms with E-state index in [1.165, 1.54) is 16.1 Å². The highest BCUT2D eigenvalue weighted by Crippen LogP contribution is 2.31. The first kappa shape index (κ1) is 11.5. The lowest BCUT2D eigenvalue weighted by molar-refractivity contribution is -0.117. The van der Waals surface area contributed by atoms with Crippen LogP contribution >= 0.6 is 11.8 Å². The number of hydrogen-bond donors (Lipinski definition) is 1. The van der Waals surface area contributed by atoms with Gasteiger partial charge in [0.2, 0.25) is 0 Å². The summed E-state index contributed by atoms with van der Waals surface area (Å²) in [7, 11) is 0. The highest BCUT2D eigenvalue weighted by Gasteiger charge is 2.09. The van der Waals surface area contributed by atoms with Crippen LogP contribution < -0.4 is 5.32 Å². The zero-order valence-electron chi connectivity index (χ0n) is 9.58. The maximum Gasteiger partial charge on any atom is 0.129 e. The van der Waals surface area contributed by atoms with Crippen molar-refractivity contribution in [3.8, 4) is 0 Å². The fourth-order valence-electron chi connectivity index (χ4n) is 1.88. The zero-order chi connectivity index (χ0) is 11.4. The van der Waals surface area contributed by atoms with Crippen LogP contribution in [0, 0.1) is 0 Å². The molecule has 1 aromatic rings. The molecule has 1 aliphatic heterocycles. The van der Waals surface area contributed by atoms with Gasteiger partial charge in [0.15, 0.2) is 0 Å². The van der Waals surface area contributed by atoms with Gasteiger partial charge in [0, 0.05) is 29.3 Å². The van der Waals surface area contributed by atoms with Gasteiger partial charge in [0.1, 0.15) is 5.78 Å². The Balaban J connectivity index is 1.97. The predicted molar refractivity (Wildman–Crippen MR) is 69.3 cm³/mol. The Morgan fingerprint density at radius 3 is 3.19 bits per heavy atom. The second-order valence-electron chi connectivity index (χ2n) is 4.16. The zero-order valence-corrected chi connectivity index (χ0v) is 10.4. The van der Waals surface area contributed by atoms with Crippen molar-refractivity contribution < 1.29 is 4.79 Å². The number of fused-ring (bicyclic) bond motifs is 1. The molecule has 0 radical (unpaired) electrons. The summed E-state index contributed by atoms with van der Waals surface area (Å²) in [4.78, 5) is 12.2. The van der Waals surface area contributed by atoms with Gasteiger partial charge in [-0.25, -0.2) is 0 Å². The van der Waals surface area contributed by atoms with Crippen molar-refractivity contribution in [2.75, 3.05) is 17.6 Å². The van der Waals surface area contributed by atoms with E-state index in [0.717, 1.165) is 25.1 Å². The number of thioether (sulfide) groups is 1. The van der Waals surface area contributed by atoms with E-state index in [1.807, 2.05) is 11.8 Å². The van der Waals surface area contributed by atoms with Crippen LogP contribution in [-0.4, -0.2) is 18.1 Å². The fraction of sp³-hybridized carbons (Fsp3) is 0.462. The average molecular weight is 235 g/mol. The predicted octanol–water partition coefficient (Wildman–Crippen LogP) is 3.12. The lowest BCUT2D eigenvalue weighted by Gasteiger charge is -2.18. The first-order valence-corrected chi connectivity index (χ1v) is 6.73. The van der Waals surface area contributed by atoms with Gasteiger partial charge >= 0.3 is 0 Å². The molecule has 0 fully saturated rings. The Morgan fingerprint density at radius 2 is 2.38 bits per heavy atom. The van der Waals surface area contributed by atoms with E-state index in [9.17, 15) is 4.79 Å². The average Bonchev–Trinajstić information content (AvgIpc) is 2.28. The van der Waals surface area contributed by atoms with Crippen LogP contribution in [0.25, 0.3) is 0 Å². The standard InChI is InChI=1S/C13H17NOS/c1-10(15)3-2-4-11-5-6-12-13(9-11)16-8-7-14-12/h5-6,9,14H,2-4,7-8H2,1H3. The first-order valence-electron chi connectivity index (χ1n) is 5.75. The molecule has 0 bridgehead atoms. The number of rotatable bonds is 4. The van der Waals surface area contributed by atoms with Crippen molar-refractivity contribution in [2.45, 2.75) is 31.1 Å². The molecule has 1 aliphatic rings. The number of benzene rings is 1. The van der Waals surface area contributed by atoms with Crippen molar-refractivity contribution in [2.24, 2.45) is 0 Å². The Hall–Kier alpha value is -0.960. The van der Waals surface area contributed by atoms with E-state index < -0.39 is 0 Å². The van der Waals surface area contributed by atoms with Crippen LogP contribution in [0.1, 0.15) is 25.3 Å². The van der Waals surface area contributed by atoms with Crippen molar-refractivity contribution in [1.82, 2.24) is 0 Å². The molecule has 0 saturated carbocycles. The number of anilines is 1. The molecule has 0 spiro atoms. The number of carbonyl (C=O) groups is 1. The summed E-state index contributed by atoms with van der Waals surface area (Å²) in [6, 6.07) is 6.58. The minimum Gasteiger partial charge on any atom is -0.383 e. The quantitative estimate of drug-likeness (QED) is 0.869. The van der Waals surface area contributed by atoms with Crippen LogP contribution in [0.3, 0.4) is 0 Å². The molecule has 16 heavy (non-hydrogen) atoms. The van der Waals surface area contributed by atoms with Gasteiger partial charge < -0.3 is 10.1 Å². The molecule has 2 rings (SSSR count). The first-order chi connectivity index (χ1) is 7.75. The molecular formula is C13H17NOS. The second kappa shape index (κ2) is 5.39. The van der Waals surface area contributed by atoms with Gasteiger partial charge in [0.05, 0.1) is 0 Å². The van der Waals surface area contributed by atoms with Gasteiger partial charge in [-0.1, -0.05) is 6.07 Å². The van der Waals surface area contributed by atoms with Gasteiger partial charge in [0.25, 0.3) is 0 Å². The third-order valence-corrected chi connectivity index (χ3v) is 3.77. The summed E-state index contributed by atoms with van der Waals surface area (Å²) < 4.78 is 0. The highest BCUT2D eigenvalue weighted by atomic mass is 32.2. The summed E-state index contributed by atoms with van der Waals surface area (Å²) in [5.74, 6) is 1.43. The van der Waals surface area contributed by atoms with Crippen LogP contribution in [0.4, 0.5) is 5.69 Å². The molecule has 3 heteroatoms. The minimum atomic E-state index is 0.286. The van der Waals surface area contributed by atoms with Crippen LogP contribution in [0.5, 0.6) is 0 Å². The van der Waals surface area contributed by atoms with Gasteiger partial charge in [-0.15, -0.1) is 11.8 Å². The number of aryl methyl sites for hydroxylation is 1.